The van der Waals surface area contributed by atoms with Gasteiger partial charge in [-0.2, -0.15) is 4.90 Å². The van der Waals surface area contributed by atoms with Crippen LogP contribution in [0, 0.1) is 0 Å². The Hall–Kier alpha value is -2.06. The second-order valence-electron chi connectivity index (χ2n) is 8.80. The van der Waals surface area contributed by atoms with Gasteiger partial charge in [0.15, 0.2) is 0 Å². The molecular formula is C20H30ClN3O5. The smallest absolute Gasteiger partial charge is 0.424 e. The predicted molar refractivity (Wildman–Crippen MR) is 112 cm³/mol. The molecule has 1 aromatic rings. The number of amides is 2. The molecule has 0 spiro atoms. The third-order valence-electron chi connectivity index (χ3n) is 4.20. The molecule has 9 heteroatoms. The monoisotopic (exact) mass is 427 g/mol. The number of rotatable bonds is 2. The molecule has 0 aliphatic carbocycles. The van der Waals surface area contributed by atoms with E-state index in [0.717, 1.165) is 4.90 Å². The third-order valence-corrected chi connectivity index (χ3v) is 4.47. The first-order valence-electron chi connectivity index (χ1n) is 9.50. The molecule has 1 aliphatic rings. The van der Waals surface area contributed by atoms with E-state index in [-0.39, 0.29) is 5.15 Å². The summed E-state index contributed by atoms with van der Waals surface area (Å²) in [5, 5.41) is 0.217. The van der Waals surface area contributed by atoms with Crippen molar-refractivity contribution < 1.29 is 23.8 Å². The van der Waals surface area contributed by atoms with Gasteiger partial charge < -0.3 is 19.1 Å². The van der Waals surface area contributed by atoms with Crippen LogP contribution in [0.1, 0.15) is 47.1 Å². The van der Waals surface area contributed by atoms with E-state index in [2.05, 4.69) is 4.98 Å². The Morgan fingerprint density at radius 3 is 2.21 bits per heavy atom. The molecule has 0 atom stereocenters. The summed E-state index contributed by atoms with van der Waals surface area (Å²) >= 11 is 6.57. The molecule has 0 bridgehead atoms. The van der Waals surface area contributed by atoms with E-state index < -0.39 is 23.2 Å². The zero-order valence-electron chi connectivity index (χ0n) is 18.2. The van der Waals surface area contributed by atoms with Crippen LogP contribution in [-0.2, 0) is 19.6 Å². The molecule has 0 aromatic carbocycles. The average molecular weight is 428 g/mol. The Balaban J connectivity index is 2.66. The lowest BCUT2D eigenvalue weighted by atomic mass is 9.86. The van der Waals surface area contributed by atoms with Crippen molar-refractivity contribution in [1.82, 2.24) is 4.98 Å². The van der Waals surface area contributed by atoms with Crippen LogP contribution in [-0.4, -0.2) is 56.2 Å². The molecule has 0 saturated carbocycles. The maximum absolute atomic E-state index is 12.9. The zero-order chi connectivity index (χ0) is 22.0. The maximum Gasteiger partial charge on any atom is 0.424 e. The van der Waals surface area contributed by atoms with Gasteiger partial charge in [-0.05, 0) is 26.2 Å². The molecule has 162 valence electrons. The van der Waals surface area contributed by atoms with Crippen LogP contribution in [0.2, 0.25) is 5.15 Å². The van der Waals surface area contributed by atoms with Crippen molar-refractivity contribution in [1.29, 1.82) is 0 Å². The minimum Gasteiger partial charge on any atom is -0.452 e. The number of imide groups is 1. The minimum absolute atomic E-state index is 0.217. The molecule has 2 heterocycles. The van der Waals surface area contributed by atoms with E-state index >= 15 is 0 Å². The van der Waals surface area contributed by atoms with Crippen molar-refractivity contribution in [3.8, 4) is 0 Å². The van der Waals surface area contributed by atoms with E-state index in [9.17, 15) is 9.59 Å². The van der Waals surface area contributed by atoms with Gasteiger partial charge in [0, 0.05) is 24.7 Å². The second-order valence-corrected chi connectivity index (χ2v) is 9.16. The number of carbonyl (C=O) groups excluding carboxylic acids is 2. The SMILES string of the molecule is COC(=O)N(C(=O)OC(C)(C)C)c1cc(N2CCOCC2)nc(Cl)c1C(C)(C)C. The summed E-state index contributed by atoms with van der Waals surface area (Å²) in [5.41, 5.74) is -0.459. The van der Waals surface area contributed by atoms with Crippen molar-refractivity contribution in [2.75, 3.05) is 43.2 Å². The van der Waals surface area contributed by atoms with Crippen molar-refractivity contribution in [2.24, 2.45) is 0 Å². The lowest BCUT2D eigenvalue weighted by Crippen LogP contribution is -2.43. The standard InChI is InChI=1S/C20H30ClN3O5/c1-19(2,3)15-13(24(17(25)27-7)18(26)29-20(4,5)6)12-14(22-16(15)21)23-8-10-28-11-9-23/h12H,8-11H2,1-7H3. The predicted octanol–water partition coefficient (Wildman–Crippen LogP) is 4.38. The normalized spacial score (nSPS) is 15.1. The van der Waals surface area contributed by atoms with Gasteiger partial charge in [-0.3, -0.25) is 0 Å². The fourth-order valence-corrected chi connectivity index (χ4v) is 3.45. The summed E-state index contributed by atoms with van der Waals surface area (Å²) in [7, 11) is 1.21. The highest BCUT2D eigenvalue weighted by Crippen LogP contribution is 2.40. The fraction of sp³-hybridized carbons (Fsp3) is 0.650. The molecule has 1 aliphatic heterocycles. The fourth-order valence-electron chi connectivity index (χ4n) is 2.98. The van der Waals surface area contributed by atoms with Gasteiger partial charge in [-0.1, -0.05) is 32.4 Å². The summed E-state index contributed by atoms with van der Waals surface area (Å²) in [6.07, 6.45) is -1.70. The summed E-state index contributed by atoms with van der Waals surface area (Å²) in [6, 6.07) is 1.68. The van der Waals surface area contributed by atoms with E-state index in [0.29, 0.717) is 43.4 Å². The maximum atomic E-state index is 12.9. The molecule has 0 radical (unpaired) electrons. The van der Waals surface area contributed by atoms with Gasteiger partial charge >= 0.3 is 12.2 Å². The number of aromatic nitrogens is 1. The van der Waals surface area contributed by atoms with Gasteiger partial charge in [-0.25, -0.2) is 14.6 Å². The Bertz CT molecular complexity index is 765. The van der Waals surface area contributed by atoms with E-state index in [1.54, 1.807) is 26.8 Å². The molecule has 2 rings (SSSR count). The number of nitrogens with zero attached hydrogens (tertiary/aromatic N) is 3. The van der Waals surface area contributed by atoms with Crippen LogP contribution in [0.15, 0.2) is 6.07 Å². The van der Waals surface area contributed by atoms with Crippen molar-refractivity contribution in [2.45, 2.75) is 52.6 Å². The number of pyridine rings is 1. The number of morpholine rings is 1. The first-order valence-corrected chi connectivity index (χ1v) is 9.87. The van der Waals surface area contributed by atoms with Crippen LogP contribution in [0.4, 0.5) is 21.1 Å². The largest absolute Gasteiger partial charge is 0.452 e. The summed E-state index contributed by atoms with van der Waals surface area (Å²) in [4.78, 5) is 33.0. The van der Waals surface area contributed by atoms with E-state index in [1.807, 2.05) is 25.7 Å². The quantitative estimate of drug-likeness (QED) is 0.648. The lowest BCUT2D eigenvalue weighted by Gasteiger charge is -2.33. The molecule has 1 aromatic heterocycles. The average Bonchev–Trinajstić information content (AvgIpc) is 2.59. The number of anilines is 2. The summed E-state index contributed by atoms with van der Waals surface area (Å²) < 4.78 is 15.7. The van der Waals surface area contributed by atoms with Gasteiger partial charge in [0.25, 0.3) is 0 Å². The molecular weight excluding hydrogens is 398 g/mol. The topological polar surface area (TPSA) is 81.2 Å². The van der Waals surface area contributed by atoms with Crippen LogP contribution < -0.4 is 9.80 Å². The summed E-state index contributed by atoms with van der Waals surface area (Å²) in [6.45, 7) is 13.3. The van der Waals surface area contributed by atoms with E-state index in [4.69, 9.17) is 25.8 Å². The Labute approximate surface area is 177 Å². The second kappa shape index (κ2) is 8.75. The number of hydrogen-bond acceptors (Lipinski definition) is 7. The minimum atomic E-state index is -0.861. The molecule has 0 unspecified atom stereocenters. The third kappa shape index (κ3) is 5.73. The molecule has 1 fully saturated rings. The Kier molecular flexibility index (Phi) is 7.01. The van der Waals surface area contributed by atoms with Crippen molar-refractivity contribution in [3.63, 3.8) is 0 Å². The summed E-state index contributed by atoms with van der Waals surface area (Å²) in [5.74, 6) is 0.554. The number of carbonyl (C=O) groups is 2. The highest BCUT2D eigenvalue weighted by atomic mass is 35.5. The Morgan fingerprint density at radius 1 is 1.14 bits per heavy atom. The molecule has 0 N–H and O–H groups in total. The zero-order valence-corrected chi connectivity index (χ0v) is 18.9. The van der Waals surface area contributed by atoms with Crippen LogP contribution in [0.25, 0.3) is 0 Å². The highest BCUT2D eigenvalue weighted by molar-refractivity contribution is 6.31. The van der Waals surface area contributed by atoms with Crippen molar-refractivity contribution >= 4 is 35.3 Å². The van der Waals surface area contributed by atoms with Crippen LogP contribution in [0.3, 0.4) is 0 Å². The molecule has 8 nitrogen and oxygen atoms in total. The lowest BCUT2D eigenvalue weighted by molar-refractivity contribution is 0.0575. The van der Waals surface area contributed by atoms with Gasteiger partial charge in [0.2, 0.25) is 0 Å². The highest BCUT2D eigenvalue weighted by Gasteiger charge is 2.36. The number of methoxy groups -OCH3 is 1. The molecule has 29 heavy (non-hydrogen) atoms. The van der Waals surface area contributed by atoms with Crippen LogP contribution >= 0.6 is 11.6 Å². The first-order chi connectivity index (χ1) is 13.3. The van der Waals surface area contributed by atoms with E-state index in [1.165, 1.54) is 7.11 Å². The van der Waals surface area contributed by atoms with Gasteiger partial charge in [0.1, 0.15) is 16.6 Å². The molecule has 1 saturated heterocycles. The number of ether oxygens (including phenoxy) is 3. The Morgan fingerprint density at radius 2 is 1.72 bits per heavy atom. The first kappa shape index (κ1) is 23.2. The molecule has 2 amide bonds. The van der Waals surface area contributed by atoms with Gasteiger partial charge in [0.05, 0.1) is 26.0 Å². The van der Waals surface area contributed by atoms with Crippen LogP contribution in [0.5, 0.6) is 0 Å². The number of halogens is 1. The number of hydrogen-bond donors (Lipinski definition) is 0. The van der Waals surface area contributed by atoms with Gasteiger partial charge in [-0.15, -0.1) is 0 Å². The van der Waals surface area contributed by atoms with Crippen molar-refractivity contribution in [3.05, 3.63) is 16.8 Å².